The van der Waals surface area contributed by atoms with Crippen LogP contribution in [0.25, 0.3) is 6.08 Å². The third-order valence-electron chi connectivity index (χ3n) is 6.66. The van der Waals surface area contributed by atoms with Gasteiger partial charge in [-0.25, -0.2) is 8.42 Å². The van der Waals surface area contributed by atoms with Gasteiger partial charge in [0.15, 0.2) is 0 Å². The monoisotopic (exact) mass is 554 g/mol. The van der Waals surface area contributed by atoms with Crippen LogP contribution in [0.5, 0.6) is 5.75 Å². The van der Waals surface area contributed by atoms with Crippen LogP contribution in [0.15, 0.2) is 102 Å². The van der Waals surface area contributed by atoms with E-state index >= 15 is 0 Å². The molecular weight excluding hydrogens is 520 g/mol. The summed E-state index contributed by atoms with van der Waals surface area (Å²) >= 11 is 0. The highest BCUT2D eigenvalue weighted by molar-refractivity contribution is 7.92. The zero-order chi connectivity index (χ0) is 28.9. The molecule has 0 bridgehead atoms. The molecule has 2 N–H and O–H groups in total. The Kier molecular flexibility index (Phi) is 8.75. The van der Waals surface area contributed by atoms with Crippen molar-refractivity contribution in [1.29, 1.82) is 0 Å². The Labute approximate surface area is 236 Å². The molecule has 0 unspecified atom stereocenters. The summed E-state index contributed by atoms with van der Waals surface area (Å²) in [5, 5.41) is 12.9. The molecule has 0 aliphatic rings. The van der Waals surface area contributed by atoms with E-state index in [1.165, 1.54) is 10.4 Å². The molecule has 4 aromatic carbocycles. The van der Waals surface area contributed by atoms with Crippen LogP contribution in [-0.4, -0.2) is 19.4 Å². The summed E-state index contributed by atoms with van der Waals surface area (Å²) in [6, 6.07) is 26.9. The number of anilines is 1. The van der Waals surface area contributed by atoms with Crippen molar-refractivity contribution in [2.75, 3.05) is 4.31 Å². The molecule has 0 heterocycles. The molecule has 7 heteroatoms. The van der Waals surface area contributed by atoms with Crippen molar-refractivity contribution in [3.63, 3.8) is 0 Å². The predicted molar refractivity (Wildman–Crippen MR) is 161 cm³/mol. The minimum absolute atomic E-state index is 0.0401. The first-order chi connectivity index (χ1) is 19.0. The highest BCUT2D eigenvalue weighted by Gasteiger charge is 2.28. The Bertz CT molecular complexity index is 1610. The van der Waals surface area contributed by atoms with Crippen molar-refractivity contribution < 1.29 is 18.3 Å². The first-order valence-electron chi connectivity index (χ1n) is 13.1. The van der Waals surface area contributed by atoms with E-state index in [2.05, 4.69) is 5.32 Å². The molecule has 0 aliphatic carbocycles. The smallest absolute Gasteiger partial charge is 0.265 e. The SMILES string of the molecule is Cc1cc(C)c(S(=O)(=O)N(Cc2cccc(O)c2)c2ccc(/C=C/C(=O)N[C@H](C)c3ccccc3)cc2)c(C)c1. The fourth-order valence-corrected chi connectivity index (χ4v) is 6.70. The zero-order valence-electron chi connectivity index (χ0n) is 23.1. The number of carbonyl (C=O) groups excluding carboxylic acids is 1. The molecule has 0 saturated carbocycles. The van der Waals surface area contributed by atoms with Crippen LogP contribution in [0.3, 0.4) is 0 Å². The van der Waals surface area contributed by atoms with Crippen molar-refractivity contribution in [3.05, 3.63) is 130 Å². The number of hydrogen-bond donors (Lipinski definition) is 2. The van der Waals surface area contributed by atoms with Gasteiger partial charge in [-0.05, 0) is 85.9 Å². The second-order valence-electron chi connectivity index (χ2n) is 9.98. The summed E-state index contributed by atoms with van der Waals surface area (Å²) in [6.07, 6.45) is 3.16. The summed E-state index contributed by atoms with van der Waals surface area (Å²) < 4.78 is 29.5. The summed E-state index contributed by atoms with van der Waals surface area (Å²) in [5.74, 6) is -0.156. The molecule has 0 aliphatic heterocycles. The van der Waals surface area contributed by atoms with Gasteiger partial charge >= 0.3 is 0 Å². The van der Waals surface area contributed by atoms with Crippen LogP contribution in [-0.2, 0) is 21.4 Å². The maximum Gasteiger partial charge on any atom is 0.265 e. The number of hydrogen-bond acceptors (Lipinski definition) is 4. The summed E-state index contributed by atoms with van der Waals surface area (Å²) in [6.45, 7) is 7.51. The van der Waals surface area contributed by atoms with Gasteiger partial charge in [0.25, 0.3) is 10.0 Å². The number of phenols is 1. The Morgan fingerprint density at radius 2 is 1.55 bits per heavy atom. The second-order valence-corrected chi connectivity index (χ2v) is 11.8. The van der Waals surface area contributed by atoms with Crippen molar-refractivity contribution in [3.8, 4) is 5.75 Å². The third kappa shape index (κ3) is 6.79. The van der Waals surface area contributed by atoms with Crippen LogP contribution in [0.4, 0.5) is 5.69 Å². The second kappa shape index (κ2) is 12.2. The van der Waals surface area contributed by atoms with Gasteiger partial charge in [-0.3, -0.25) is 9.10 Å². The van der Waals surface area contributed by atoms with E-state index in [-0.39, 0.29) is 29.1 Å². The third-order valence-corrected chi connectivity index (χ3v) is 8.74. The van der Waals surface area contributed by atoms with Gasteiger partial charge in [-0.1, -0.05) is 72.3 Å². The van der Waals surface area contributed by atoms with Crippen LogP contribution in [0, 0.1) is 20.8 Å². The van der Waals surface area contributed by atoms with Gasteiger partial charge in [-0.15, -0.1) is 0 Å². The van der Waals surface area contributed by atoms with E-state index in [0.29, 0.717) is 22.4 Å². The normalized spacial score (nSPS) is 12.3. The predicted octanol–water partition coefficient (Wildman–Crippen LogP) is 6.60. The lowest BCUT2D eigenvalue weighted by atomic mass is 10.1. The van der Waals surface area contributed by atoms with Gasteiger partial charge < -0.3 is 10.4 Å². The number of amides is 1. The van der Waals surface area contributed by atoms with E-state index in [0.717, 1.165) is 16.7 Å². The van der Waals surface area contributed by atoms with Crippen molar-refractivity contribution in [2.45, 2.75) is 45.2 Å². The number of sulfonamides is 1. The minimum Gasteiger partial charge on any atom is -0.508 e. The number of phenolic OH excluding ortho intramolecular Hbond substituents is 1. The van der Waals surface area contributed by atoms with Gasteiger partial charge in [-0.2, -0.15) is 0 Å². The topological polar surface area (TPSA) is 86.7 Å². The number of nitrogens with one attached hydrogen (secondary N) is 1. The highest BCUT2D eigenvalue weighted by atomic mass is 32.2. The molecule has 1 amide bonds. The number of benzene rings is 4. The lowest BCUT2D eigenvalue weighted by Crippen LogP contribution is -2.31. The zero-order valence-corrected chi connectivity index (χ0v) is 23.9. The average Bonchev–Trinajstić information content (AvgIpc) is 2.90. The number of aryl methyl sites for hydroxylation is 3. The summed E-state index contributed by atoms with van der Waals surface area (Å²) in [5.41, 5.74) is 5.24. The molecule has 206 valence electrons. The summed E-state index contributed by atoms with van der Waals surface area (Å²) in [7, 11) is -3.95. The molecule has 40 heavy (non-hydrogen) atoms. The van der Waals surface area contributed by atoms with Crippen LogP contribution in [0.2, 0.25) is 0 Å². The lowest BCUT2D eigenvalue weighted by Gasteiger charge is -2.27. The van der Waals surface area contributed by atoms with E-state index in [1.807, 2.05) is 56.3 Å². The molecular formula is C33H34N2O4S. The molecule has 4 rings (SSSR count). The molecule has 0 fully saturated rings. The molecule has 0 aromatic heterocycles. The number of aromatic hydroxyl groups is 1. The van der Waals surface area contributed by atoms with Crippen LogP contribution >= 0.6 is 0 Å². The molecule has 0 saturated heterocycles. The summed E-state index contributed by atoms with van der Waals surface area (Å²) in [4.78, 5) is 12.7. The van der Waals surface area contributed by atoms with Crippen molar-refractivity contribution in [2.24, 2.45) is 0 Å². The Morgan fingerprint density at radius 3 is 2.17 bits per heavy atom. The van der Waals surface area contributed by atoms with Gasteiger partial charge in [0, 0.05) is 6.08 Å². The highest BCUT2D eigenvalue weighted by Crippen LogP contribution is 2.31. The lowest BCUT2D eigenvalue weighted by molar-refractivity contribution is -0.117. The average molecular weight is 555 g/mol. The van der Waals surface area contributed by atoms with Crippen LogP contribution < -0.4 is 9.62 Å². The maximum absolute atomic E-state index is 14.1. The number of carbonyl (C=O) groups is 1. The molecule has 1 atom stereocenters. The van der Waals surface area contributed by atoms with Crippen molar-refractivity contribution in [1.82, 2.24) is 5.32 Å². The Morgan fingerprint density at radius 1 is 0.900 bits per heavy atom. The molecule has 0 radical (unpaired) electrons. The fraction of sp³-hybridized carbons (Fsp3) is 0.182. The molecule has 0 spiro atoms. The quantitative estimate of drug-likeness (QED) is 0.228. The minimum atomic E-state index is -3.95. The molecule has 4 aromatic rings. The van der Waals surface area contributed by atoms with E-state index in [4.69, 9.17) is 0 Å². The number of rotatable bonds is 9. The largest absolute Gasteiger partial charge is 0.508 e. The Balaban J connectivity index is 1.61. The van der Waals surface area contributed by atoms with E-state index < -0.39 is 10.0 Å². The van der Waals surface area contributed by atoms with Gasteiger partial charge in [0.2, 0.25) is 5.91 Å². The first kappa shape index (κ1) is 28.6. The van der Waals surface area contributed by atoms with E-state index in [9.17, 15) is 18.3 Å². The first-order valence-corrected chi connectivity index (χ1v) is 14.5. The number of nitrogens with zero attached hydrogens (tertiary/aromatic N) is 1. The fourth-order valence-electron chi connectivity index (χ4n) is 4.83. The van der Waals surface area contributed by atoms with Crippen molar-refractivity contribution >= 4 is 27.7 Å². The molecule has 6 nitrogen and oxygen atoms in total. The van der Waals surface area contributed by atoms with Gasteiger partial charge in [0.05, 0.1) is 23.2 Å². The standard InChI is InChI=1S/C33H34N2O4S/c1-23-19-24(2)33(25(3)20-23)40(38,39)35(22-28-9-8-12-31(36)21-28)30-16-13-27(14-17-30)15-18-32(37)34-26(4)29-10-6-5-7-11-29/h5-21,26,36H,22H2,1-4H3,(H,34,37)/b18-15+/t26-/m1/s1. The van der Waals surface area contributed by atoms with E-state index in [1.54, 1.807) is 68.5 Å². The Hall–Kier alpha value is -4.36. The maximum atomic E-state index is 14.1. The van der Waals surface area contributed by atoms with Gasteiger partial charge in [0.1, 0.15) is 5.75 Å². The van der Waals surface area contributed by atoms with Crippen LogP contribution in [0.1, 0.15) is 46.3 Å².